The average molecular weight is 362 g/mol. The number of phenolic OH excluding ortho intramolecular Hbond substituents is 2. The Kier molecular flexibility index (Phi) is 3.30. The minimum absolute atomic E-state index is 0.0674. The Morgan fingerprint density at radius 2 is 1.68 bits per heavy atom. The molecule has 0 radical (unpaired) electrons. The van der Waals surface area contributed by atoms with Gasteiger partial charge in [-0.25, -0.2) is 0 Å². The summed E-state index contributed by atoms with van der Waals surface area (Å²) in [5.74, 6) is -2.48. The molecule has 0 aromatic heterocycles. The number of epoxide rings is 1. The van der Waals surface area contributed by atoms with Crippen molar-refractivity contribution in [3.8, 4) is 11.5 Å². The van der Waals surface area contributed by atoms with E-state index in [2.05, 4.69) is 0 Å². The fourth-order valence-electron chi connectivity index (χ4n) is 4.34. The van der Waals surface area contributed by atoms with E-state index < -0.39 is 31.9 Å². The molecule has 4 rings (SSSR count). The van der Waals surface area contributed by atoms with E-state index in [1.54, 1.807) is 0 Å². The van der Waals surface area contributed by atoms with E-state index in [9.17, 15) is 19.8 Å². The number of ether oxygens (including phenoxy) is 1. The zero-order chi connectivity index (χ0) is 18.3. The van der Waals surface area contributed by atoms with Gasteiger partial charge in [-0.15, -0.1) is 0 Å². The molecule has 2 N–H and O–H groups in total. The minimum Gasteiger partial charge on any atom is -0.507 e. The first-order valence-corrected chi connectivity index (χ1v) is 11.9. The van der Waals surface area contributed by atoms with Gasteiger partial charge in [0, 0.05) is 5.92 Å². The number of hydrogen-bond donors (Lipinski definition) is 2. The lowest BCUT2D eigenvalue weighted by Crippen LogP contribution is -2.56. The average Bonchev–Trinajstić information content (AvgIpc) is 3.17. The summed E-state index contributed by atoms with van der Waals surface area (Å²) in [4.78, 5) is 26.3. The second-order valence-corrected chi connectivity index (χ2v) is 12.9. The van der Waals surface area contributed by atoms with Gasteiger partial charge < -0.3 is 19.4 Å². The van der Waals surface area contributed by atoms with Crippen molar-refractivity contribution < 1.29 is 29.0 Å². The van der Waals surface area contributed by atoms with E-state index in [0.29, 0.717) is 6.42 Å². The first-order chi connectivity index (χ1) is 11.5. The lowest BCUT2D eigenvalue weighted by Gasteiger charge is -2.43. The Morgan fingerprint density at radius 3 is 2.24 bits per heavy atom. The number of Topliss-reactive ketones (excluding diaryl/α,β-unsaturated/α-hetero) is 2. The van der Waals surface area contributed by atoms with Crippen LogP contribution in [0.25, 0.3) is 0 Å². The third-order valence-electron chi connectivity index (χ3n) is 5.55. The van der Waals surface area contributed by atoms with Gasteiger partial charge in [-0.2, -0.15) is 0 Å². The molecule has 5 unspecified atom stereocenters. The van der Waals surface area contributed by atoms with Gasteiger partial charge in [-0.1, -0.05) is 0 Å². The molecule has 25 heavy (non-hydrogen) atoms. The van der Waals surface area contributed by atoms with Crippen molar-refractivity contribution >= 4 is 19.9 Å². The van der Waals surface area contributed by atoms with E-state index in [-0.39, 0.29) is 40.3 Å². The Labute approximate surface area is 146 Å². The van der Waals surface area contributed by atoms with Crippen LogP contribution in [0.2, 0.25) is 19.6 Å². The van der Waals surface area contributed by atoms with Gasteiger partial charge in [0.15, 0.2) is 19.9 Å². The summed E-state index contributed by atoms with van der Waals surface area (Å²) in [5.41, 5.74) is -0.721. The van der Waals surface area contributed by atoms with Gasteiger partial charge in [-0.3, -0.25) is 9.59 Å². The highest BCUT2D eigenvalue weighted by atomic mass is 28.4. The molecule has 1 aromatic rings. The SMILES string of the molecule is CC12OC1CC1C(=O)c3c(O)ccc(O)c3C(=O)C1C2O[Si](C)(C)C. The number of aromatic hydroxyl groups is 2. The van der Waals surface area contributed by atoms with Crippen molar-refractivity contribution in [2.24, 2.45) is 11.8 Å². The fraction of sp³-hybridized carbons (Fsp3) is 0.556. The number of rotatable bonds is 2. The first kappa shape index (κ1) is 16.7. The van der Waals surface area contributed by atoms with E-state index >= 15 is 0 Å². The molecule has 1 saturated heterocycles. The maximum absolute atomic E-state index is 13.2. The highest BCUT2D eigenvalue weighted by molar-refractivity contribution is 6.69. The fourth-order valence-corrected chi connectivity index (χ4v) is 5.49. The Balaban J connectivity index is 1.86. The Hall–Kier alpha value is -1.70. The Bertz CT molecular complexity index is 797. The number of carbonyl (C=O) groups excluding carboxylic acids is 2. The summed E-state index contributed by atoms with van der Waals surface area (Å²) in [6.45, 7) is 8.02. The van der Waals surface area contributed by atoms with Gasteiger partial charge in [-0.05, 0) is 45.1 Å². The third-order valence-corrected chi connectivity index (χ3v) is 6.51. The van der Waals surface area contributed by atoms with Crippen LogP contribution in [-0.2, 0) is 9.16 Å². The normalized spacial score (nSPS) is 36.5. The number of phenols is 2. The number of benzene rings is 1. The van der Waals surface area contributed by atoms with E-state index in [1.807, 2.05) is 26.6 Å². The molecule has 1 saturated carbocycles. The molecule has 1 aliphatic heterocycles. The molecule has 0 amide bonds. The zero-order valence-corrected chi connectivity index (χ0v) is 15.7. The topological polar surface area (TPSA) is 96.4 Å². The molecular weight excluding hydrogens is 340 g/mol. The van der Waals surface area contributed by atoms with Gasteiger partial charge in [0.05, 0.1) is 29.3 Å². The molecule has 2 aliphatic carbocycles. The number of fused-ring (bicyclic) bond motifs is 3. The zero-order valence-electron chi connectivity index (χ0n) is 14.7. The van der Waals surface area contributed by atoms with Crippen molar-refractivity contribution in [1.82, 2.24) is 0 Å². The highest BCUT2D eigenvalue weighted by Gasteiger charge is 2.69. The predicted octanol–water partition coefficient (Wildman–Crippen LogP) is 2.49. The minimum atomic E-state index is -2.01. The molecule has 0 bridgehead atoms. The summed E-state index contributed by atoms with van der Waals surface area (Å²) in [5, 5.41) is 20.3. The van der Waals surface area contributed by atoms with Gasteiger partial charge in [0.2, 0.25) is 0 Å². The van der Waals surface area contributed by atoms with Gasteiger partial charge in [0.25, 0.3) is 0 Å². The van der Waals surface area contributed by atoms with Crippen LogP contribution in [0.15, 0.2) is 12.1 Å². The second-order valence-electron chi connectivity index (χ2n) is 8.39. The molecule has 1 aromatic carbocycles. The van der Waals surface area contributed by atoms with E-state index in [0.717, 1.165) is 0 Å². The Morgan fingerprint density at radius 1 is 1.12 bits per heavy atom. The van der Waals surface area contributed by atoms with E-state index in [1.165, 1.54) is 12.1 Å². The van der Waals surface area contributed by atoms with Crippen molar-refractivity contribution in [1.29, 1.82) is 0 Å². The smallest absolute Gasteiger partial charge is 0.184 e. The summed E-state index contributed by atoms with van der Waals surface area (Å²) < 4.78 is 12.1. The van der Waals surface area contributed by atoms with Crippen LogP contribution in [0.5, 0.6) is 11.5 Å². The molecule has 7 heteroatoms. The second kappa shape index (κ2) is 4.93. The maximum Gasteiger partial charge on any atom is 0.184 e. The molecule has 134 valence electrons. The van der Waals surface area contributed by atoms with Crippen molar-refractivity contribution in [3.05, 3.63) is 23.3 Å². The molecule has 1 heterocycles. The van der Waals surface area contributed by atoms with Crippen molar-refractivity contribution in [3.63, 3.8) is 0 Å². The largest absolute Gasteiger partial charge is 0.507 e. The predicted molar refractivity (Wildman–Crippen MR) is 91.5 cm³/mol. The number of hydrogen-bond acceptors (Lipinski definition) is 6. The van der Waals surface area contributed by atoms with Crippen LogP contribution in [0.3, 0.4) is 0 Å². The summed E-state index contributed by atoms with van der Waals surface area (Å²) in [6.07, 6.45) is -0.201. The molecule has 5 atom stereocenters. The summed E-state index contributed by atoms with van der Waals surface area (Å²) >= 11 is 0. The van der Waals surface area contributed by atoms with Crippen LogP contribution in [0.1, 0.15) is 34.1 Å². The lowest BCUT2D eigenvalue weighted by molar-refractivity contribution is 0.0166. The van der Waals surface area contributed by atoms with E-state index in [4.69, 9.17) is 9.16 Å². The van der Waals surface area contributed by atoms with Gasteiger partial charge >= 0.3 is 0 Å². The van der Waals surface area contributed by atoms with Crippen LogP contribution < -0.4 is 0 Å². The van der Waals surface area contributed by atoms with Gasteiger partial charge in [0.1, 0.15) is 17.1 Å². The molecule has 3 aliphatic rings. The molecule has 6 nitrogen and oxygen atoms in total. The number of ketones is 2. The van der Waals surface area contributed by atoms with Crippen LogP contribution >= 0.6 is 0 Å². The van der Waals surface area contributed by atoms with Crippen LogP contribution in [-0.4, -0.2) is 47.9 Å². The summed E-state index contributed by atoms with van der Waals surface area (Å²) in [6, 6.07) is 2.49. The van der Waals surface area contributed by atoms with Crippen LogP contribution in [0, 0.1) is 11.8 Å². The monoisotopic (exact) mass is 362 g/mol. The van der Waals surface area contributed by atoms with Crippen molar-refractivity contribution in [2.75, 3.05) is 0 Å². The lowest BCUT2D eigenvalue weighted by atomic mass is 9.63. The standard InChI is InChI=1S/C18H22O6Si/c1-18-11(23-18)7-8-12(17(18)24-25(2,3)4)16(22)14-10(20)6-5-9(19)13(14)15(8)21/h5-6,8,11-12,17,19-20H,7H2,1-4H3. The highest BCUT2D eigenvalue weighted by Crippen LogP contribution is 2.57. The quantitative estimate of drug-likeness (QED) is 0.477. The van der Waals surface area contributed by atoms with Crippen LogP contribution in [0.4, 0.5) is 0 Å². The molecule has 2 fully saturated rings. The molecule has 0 spiro atoms. The summed E-state index contributed by atoms with van der Waals surface area (Å²) in [7, 11) is -2.01. The van der Waals surface area contributed by atoms with Crippen molar-refractivity contribution in [2.45, 2.75) is 50.8 Å². The molecular formula is C18H22O6Si. The third kappa shape index (κ3) is 2.29. The maximum atomic E-state index is 13.2. The number of carbonyl (C=O) groups is 2. The first-order valence-electron chi connectivity index (χ1n) is 8.53.